The summed E-state index contributed by atoms with van der Waals surface area (Å²) in [6.07, 6.45) is 4.48. The fourth-order valence-corrected chi connectivity index (χ4v) is 4.47. The van der Waals surface area contributed by atoms with Crippen molar-refractivity contribution in [3.63, 3.8) is 0 Å². The molecule has 0 aliphatic carbocycles. The van der Waals surface area contributed by atoms with Gasteiger partial charge in [-0.25, -0.2) is 9.59 Å². The smallest absolute Gasteiger partial charge is 0.326 e. The van der Waals surface area contributed by atoms with Crippen molar-refractivity contribution in [1.82, 2.24) is 15.2 Å². The molecule has 0 bridgehead atoms. The van der Waals surface area contributed by atoms with E-state index in [1.165, 1.54) is 5.56 Å². The molecule has 1 aliphatic heterocycles. The van der Waals surface area contributed by atoms with Crippen LogP contribution in [0.15, 0.2) is 60.8 Å². The number of carbonyl (C=O) groups is 2. The van der Waals surface area contributed by atoms with Crippen LogP contribution < -0.4 is 5.32 Å². The van der Waals surface area contributed by atoms with Crippen LogP contribution in [0.3, 0.4) is 0 Å². The molecule has 3 aromatic rings. The van der Waals surface area contributed by atoms with Crippen molar-refractivity contribution in [3.8, 4) is 0 Å². The average Bonchev–Trinajstić information content (AvgIpc) is 3.39. The summed E-state index contributed by atoms with van der Waals surface area (Å²) in [5.41, 5.74) is 3.03. The Bertz CT molecular complexity index is 1030. The summed E-state index contributed by atoms with van der Waals surface area (Å²) in [5, 5.41) is 13.6. The Morgan fingerprint density at radius 2 is 1.90 bits per heavy atom. The minimum Gasteiger partial charge on any atom is -0.480 e. The number of likely N-dealkylation sites (tertiary alicyclic amines) is 1. The Labute approximate surface area is 175 Å². The quantitative estimate of drug-likeness (QED) is 0.576. The zero-order chi connectivity index (χ0) is 21.1. The van der Waals surface area contributed by atoms with Crippen LogP contribution in [0.4, 0.5) is 4.79 Å². The number of rotatable bonds is 6. The van der Waals surface area contributed by atoms with E-state index in [9.17, 15) is 14.7 Å². The SMILES string of the molecule is C[C@@H](c1c[nH]c2ccccc12)[C@@H](NC(=O)N1CCCC1Cc1ccccc1)C(=O)O. The van der Waals surface area contributed by atoms with E-state index in [4.69, 9.17) is 0 Å². The maximum absolute atomic E-state index is 13.0. The number of hydrogen-bond donors (Lipinski definition) is 3. The first-order valence-corrected chi connectivity index (χ1v) is 10.4. The van der Waals surface area contributed by atoms with Crippen molar-refractivity contribution < 1.29 is 14.7 Å². The van der Waals surface area contributed by atoms with Crippen LogP contribution >= 0.6 is 0 Å². The highest BCUT2D eigenvalue weighted by atomic mass is 16.4. The Morgan fingerprint density at radius 1 is 1.17 bits per heavy atom. The van der Waals surface area contributed by atoms with Crippen LogP contribution in [-0.2, 0) is 11.2 Å². The van der Waals surface area contributed by atoms with Crippen LogP contribution in [0, 0.1) is 0 Å². The predicted molar refractivity (Wildman–Crippen MR) is 117 cm³/mol. The molecule has 1 fully saturated rings. The summed E-state index contributed by atoms with van der Waals surface area (Å²) in [5.74, 6) is -1.40. The molecule has 2 amide bonds. The number of nitrogens with zero attached hydrogens (tertiary/aromatic N) is 1. The number of nitrogens with one attached hydrogen (secondary N) is 2. The van der Waals surface area contributed by atoms with Gasteiger partial charge in [0.1, 0.15) is 6.04 Å². The monoisotopic (exact) mass is 405 g/mol. The number of benzene rings is 2. The number of fused-ring (bicyclic) bond motifs is 1. The molecule has 2 heterocycles. The summed E-state index contributed by atoms with van der Waals surface area (Å²) < 4.78 is 0. The van der Waals surface area contributed by atoms with Gasteiger partial charge in [0.05, 0.1) is 0 Å². The number of H-pyrrole nitrogens is 1. The molecule has 30 heavy (non-hydrogen) atoms. The molecular weight excluding hydrogens is 378 g/mol. The second-order valence-electron chi connectivity index (χ2n) is 8.02. The summed E-state index contributed by atoms with van der Waals surface area (Å²) in [6.45, 7) is 2.50. The van der Waals surface area contributed by atoms with Crippen LogP contribution in [0.2, 0.25) is 0 Å². The number of carboxylic acid groups (broad SMARTS) is 1. The number of hydrogen-bond acceptors (Lipinski definition) is 2. The lowest BCUT2D eigenvalue weighted by Gasteiger charge is -2.29. The molecule has 1 unspecified atom stereocenters. The van der Waals surface area contributed by atoms with Crippen molar-refractivity contribution in [2.24, 2.45) is 0 Å². The lowest BCUT2D eigenvalue weighted by molar-refractivity contribution is -0.139. The maximum Gasteiger partial charge on any atom is 0.326 e. The molecular formula is C24H27N3O3. The molecule has 3 atom stereocenters. The minimum atomic E-state index is -1.03. The molecule has 2 aromatic carbocycles. The molecule has 6 nitrogen and oxygen atoms in total. The molecule has 1 saturated heterocycles. The topological polar surface area (TPSA) is 85.4 Å². The van der Waals surface area contributed by atoms with Crippen molar-refractivity contribution in [2.75, 3.05) is 6.54 Å². The first kappa shape index (κ1) is 20.0. The summed E-state index contributed by atoms with van der Waals surface area (Å²) >= 11 is 0. The summed E-state index contributed by atoms with van der Waals surface area (Å²) in [6, 6.07) is 16.7. The molecule has 156 valence electrons. The second kappa shape index (κ2) is 8.61. The van der Waals surface area contributed by atoms with E-state index >= 15 is 0 Å². The van der Waals surface area contributed by atoms with E-state index in [-0.39, 0.29) is 18.0 Å². The number of aliphatic carboxylic acids is 1. The molecule has 6 heteroatoms. The Morgan fingerprint density at radius 3 is 2.67 bits per heavy atom. The third-order valence-electron chi connectivity index (χ3n) is 6.11. The van der Waals surface area contributed by atoms with Gasteiger partial charge >= 0.3 is 12.0 Å². The van der Waals surface area contributed by atoms with E-state index in [1.54, 1.807) is 4.90 Å². The molecule has 4 rings (SSSR count). The van der Waals surface area contributed by atoms with Gasteiger partial charge in [-0.2, -0.15) is 0 Å². The number of urea groups is 1. The summed E-state index contributed by atoms with van der Waals surface area (Å²) in [7, 11) is 0. The van der Waals surface area contributed by atoms with Crippen molar-refractivity contribution >= 4 is 22.9 Å². The average molecular weight is 405 g/mol. The number of carbonyl (C=O) groups excluding carboxylic acids is 1. The van der Waals surface area contributed by atoms with Crippen LogP contribution in [0.1, 0.15) is 36.8 Å². The van der Waals surface area contributed by atoms with Gasteiger partial charge in [0, 0.05) is 35.6 Å². The summed E-state index contributed by atoms with van der Waals surface area (Å²) in [4.78, 5) is 30.1. The van der Waals surface area contributed by atoms with E-state index < -0.39 is 12.0 Å². The molecule has 0 saturated carbocycles. The number of amides is 2. The van der Waals surface area contributed by atoms with Gasteiger partial charge in [-0.05, 0) is 36.5 Å². The number of aromatic amines is 1. The van der Waals surface area contributed by atoms with Gasteiger partial charge in [0.2, 0.25) is 0 Å². The lowest BCUT2D eigenvalue weighted by Crippen LogP contribution is -2.51. The van der Waals surface area contributed by atoms with E-state index in [0.29, 0.717) is 6.54 Å². The normalized spacial score (nSPS) is 18.3. The van der Waals surface area contributed by atoms with Crippen LogP contribution in [-0.4, -0.2) is 45.6 Å². The highest BCUT2D eigenvalue weighted by Crippen LogP contribution is 2.28. The Balaban J connectivity index is 1.50. The standard InChI is InChI=1S/C24H27N3O3/c1-16(20-15-25-21-12-6-5-11-19(20)21)22(23(28)29)26-24(30)27-13-7-10-18(27)14-17-8-3-2-4-9-17/h2-6,8-9,11-12,15-16,18,22,25H,7,10,13-14H2,1H3,(H,26,30)(H,28,29)/t16-,18?,22+/m0/s1. The van der Waals surface area contributed by atoms with Crippen LogP contribution in [0.5, 0.6) is 0 Å². The lowest BCUT2D eigenvalue weighted by atomic mass is 9.93. The number of aromatic nitrogens is 1. The fourth-order valence-electron chi connectivity index (χ4n) is 4.47. The van der Waals surface area contributed by atoms with Crippen molar-refractivity contribution in [2.45, 2.75) is 44.2 Å². The van der Waals surface area contributed by atoms with Gasteiger partial charge in [0.15, 0.2) is 0 Å². The van der Waals surface area contributed by atoms with Crippen LogP contribution in [0.25, 0.3) is 10.9 Å². The van der Waals surface area contributed by atoms with Gasteiger partial charge in [-0.15, -0.1) is 0 Å². The zero-order valence-corrected chi connectivity index (χ0v) is 17.0. The van der Waals surface area contributed by atoms with Crippen molar-refractivity contribution in [1.29, 1.82) is 0 Å². The zero-order valence-electron chi connectivity index (χ0n) is 17.0. The highest BCUT2D eigenvalue weighted by Gasteiger charge is 2.34. The molecule has 0 spiro atoms. The van der Waals surface area contributed by atoms with Gasteiger partial charge in [-0.1, -0.05) is 55.5 Å². The van der Waals surface area contributed by atoms with E-state index in [0.717, 1.165) is 35.7 Å². The maximum atomic E-state index is 13.0. The minimum absolute atomic E-state index is 0.0882. The largest absolute Gasteiger partial charge is 0.480 e. The first-order chi connectivity index (χ1) is 14.5. The molecule has 0 radical (unpaired) electrons. The molecule has 1 aromatic heterocycles. The first-order valence-electron chi connectivity index (χ1n) is 10.4. The number of carboxylic acids is 1. The van der Waals surface area contributed by atoms with Crippen molar-refractivity contribution in [3.05, 3.63) is 71.9 Å². The molecule has 3 N–H and O–H groups in total. The molecule has 1 aliphatic rings. The van der Waals surface area contributed by atoms with Gasteiger partial charge in [0.25, 0.3) is 0 Å². The predicted octanol–water partition coefficient (Wildman–Crippen LogP) is 4.14. The van der Waals surface area contributed by atoms with Gasteiger partial charge in [-0.3, -0.25) is 0 Å². The van der Waals surface area contributed by atoms with Gasteiger partial charge < -0.3 is 20.3 Å². The van der Waals surface area contributed by atoms with E-state index in [1.807, 2.05) is 55.6 Å². The third kappa shape index (κ3) is 4.03. The van der Waals surface area contributed by atoms with E-state index in [2.05, 4.69) is 22.4 Å². The Hall–Kier alpha value is -3.28. The fraction of sp³-hybridized carbons (Fsp3) is 0.333. The Kier molecular flexibility index (Phi) is 5.74. The second-order valence-corrected chi connectivity index (χ2v) is 8.02. The highest BCUT2D eigenvalue weighted by molar-refractivity contribution is 5.87. The third-order valence-corrected chi connectivity index (χ3v) is 6.11. The number of para-hydroxylation sites is 1.